The number of hydrogen-bond acceptors (Lipinski definition) is 5. The van der Waals surface area contributed by atoms with E-state index in [1.165, 1.54) is 12.3 Å². The van der Waals surface area contributed by atoms with Gasteiger partial charge in [-0.1, -0.05) is 0 Å². The first-order valence-electron chi connectivity index (χ1n) is 7.23. The lowest BCUT2D eigenvalue weighted by atomic mass is 10.3. The van der Waals surface area contributed by atoms with Crippen LogP contribution < -0.4 is 14.8 Å². The van der Waals surface area contributed by atoms with E-state index in [0.29, 0.717) is 25.4 Å². The number of nitrogens with zero attached hydrogens (tertiary/aromatic N) is 1. The van der Waals surface area contributed by atoms with Crippen molar-refractivity contribution in [3.8, 4) is 17.4 Å². The number of halogens is 2. The number of rotatable bonds is 9. The highest BCUT2D eigenvalue weighted by molar-refractivity contribution is 5.37. The molecule has 0 amide bonds. The summed E-state index contributed by atoms with van der Waals surface area (Å²) >= 11 is 0. The second kappa shape index (κ2) is 9.02. The number of aliphatic hydroxyl groups excluding tert-OH is 1. The summed E-state index contributed by atoms with van der Waals surface area (Å²) in [6, 6.07) is 6.63. The van der Waals surface area contributed by atoms with Gasteiger partial charge in [0.2, 0.25) is 0 Å². The molecule has 0 radical (unpaired) electrons. The van der Waals surface area contributed by atoms with Crippen LogP contribution >= 0.6 is 0 Å². The Kier molecular flexibility index (Phi) is 6.71. The minimum atomic E-state index is -0.990. The van der Waals surface area contributed by atoms with Gasteiger partial charge in [-0.3, -0.25) is 0 Å². The number of ether oxygens (including phenoxy) is 2. The fraction of sp³-hybridized carbons (Fsp3) is 0.312. The van der Waals surface area contributed by atoms with Gasteiger partial charge >= 0.3 is 0 Å². The molecule has 1 heterocycles. The summed E-state index contributed by atoms with van der Waals surface area (Å²) in [6.45, 7) is 1.77. The molecule has 0 spiro atoms. The third kappa shape index (κ3) is 5.46. The predicted octanol–water partition coefficient (Wildman–Crippen LogP) is 2.50. The van der Waals surface area contributed by atoms with Crippen molar-refractivity contribution in [3.05, 3.63) is 48.2 Å². The monoisotopic (exact) mass is 324 g/mol. The number of benzene rings is 1. The maximum absolute atomic E-state index is 13.2. The minimum absolute atomic E-state index is 0.0929. The van der Waals surface area contributed by atoms with Gasteiger partial charge in [0, 0.05) is 18.8 Å². The SMILES string of the molecule is OCCNCCCOc1cccnc1Oc1ccc(F)c(F)c1. The molecule has 0 aliphatic rings. The van der Waals surface area contributed by atoms with Gasteiger partial charge in [0.25, 0.3) is 5.88 Å². The summed E-state index contributed by atoms with van der Waals surface area (Å²) in [7, 11) is 0. The summed E-state index contributed by atoms with van der Waals surface area (Å²) in [6.07, 6.45) is 2.25. The highest BCUT2D eigenvalue weighted by Gasteiger charge is 2.09. The molecule has 1 aromatic carbocycles. The van der Waals surface area contributed by atoms with Crippen molar-refractivity contribution in [1.29, 1.82) is 0 Å². The fourth-order valence-corrected chi connectivity index (χ4v) is 1.80. The third-order valence-electron chi connectivity index (χ3n) is 2.89. The standard InChI is InChI=1S/C16H18F2N2O3/c17-13-5-4-12(11-14(13)18)23-16-15(3-1-7-20-16)22-10-2-6-19-8-9-21/h1,3-5,7,11,19,21H,2,6,8-10H2. The van der Waals surface area contributed by atoms with Crippen LogP contribution in [0.25, 0.3) is 0 Å². The van der Waals surface area contributed by atoms with Crippen LogP contribution in [0.1, 0.15) is 6.42 Å². The summed E-state index contributed by atoms with van der Waals surface area (Å²) in [5.74, 6) is -1.20. The van der Waals surface area contributed by atoms with Crippen LogP contribution in [0.5, 0.6) is 17.4 Å². The molecule has 2 aromatic rings. The largest absolute Gasteiger partial charge is 0.488 e. The Labute approximate surface area is 132 Å². The summed E-state index contributed by atoms with van der Waals surface area (Å²) in [5.41, 5.74) is 0. The molecule has 0 bridgehead atoms. The average Bonchev–Trinajstić information content (AvgIpc) is 2.56. The van der Waals surface area contributed by atoms with E-state index < -0.39 is 11.6 Å². The highest BCUT2D eigenvalue weighted by Crippen LogP contribution is 2.29. The predicted molar refractivity (Wildman–Crippen MR) is 80.7 cm³/mol. The lowest BCUT2D eigenvalue weighted by molar-refractivity contribution is 0.276. The Morgan fingerprint density at radius 1 is 1.13 bits per heavy atom. The van der Waals surface area contributed by atoms with Crippen LogP contribution in [0.4, 0.5) is 8.78 Å². The number of nitrogens with one attached hydrogen (secondary N) is 1. The quantitative estimate of drug-likeness (QED) is 0.694. The van der Waals surface area contributed by atoms with Gasteiger partial charge in [-0.15, -0.1) is 0 Å². The molecule has 5 nitrogen and oxygen atoms in total. The molecule has 7 heteroatoms. The van der Waals surface area contributed by atoms with Gasteiger partial charge in [-0.25, -0.2) is 13.8 Å². The van der Waals surface area contributed by atoms with Crippen molar-refractivity contribution in [3.63, 3.8) is 0 Å². The van der Waals surface area contributed by atoms with Gasteiger partial charge in [0.15, 0.2) is 17.4 Å². The van der Waals surface area contributed by atoms with Gasteiger partial charge < -0.3 is 19.9 Å². The van der Waals surface area contributed by atoms with E-state index in [1.807, 2.05) is 0 Å². The van der Waals surface area contributed by atoms with Crippen LogP contribution in [0, 0.1) is 11.6 Å². The molecule has 23 heavy (non-hydrogen) atoms. The van der Waals surface area contributed by atoms with E-state index in [4.69, 9.17) is 14.6 Å². The van der Waals surface area contributed by atoms with Crippen LogP contribution in [-0.4, -0.2) is 36.4 Å². The van der Waals surface area contributed by atoms with E-state index in [9.17, 15) is 8.78 Å². The minimum Gasteiger partial charge on any atom is -0.488 e. The highest BCUT2D eigenvalue weighted by atomic mass is 19.2. The molecular weight excluding hydrogens is 306 g/mol. The van der Waals surface area contributed by atoms with Crippen molar-refractivity contribution >= 4 is 0 Å². The second-order valence-electron chi connectivity index (χ2n) is 4.66. The Morgan fingerprint density at radius 2 is 2.00 bits per heavy atom. The van der Waals surface area contributed by atoms with E-state index in [2.05, 4.69) is 10.3 Å². The van der Waals surface area contributed by atoms with E-state index in [1.54, 1.807) is 12.1 Å². The topological polar surface area (TPSA) is 63.6 Å². The Morgan fingerprint density at radius 3 is 2.78 bits per heavy atom. The molecular formula is C16H18F2N2O3. The van der Waals surface area contributed by atoms with Crippen LogP contribution in [0.15, 0.2) is 36.5 Å². The number of pyridine rings is 1. The average molecular weight is 324 g/mol. The van der Waals surface area contributed by atoms with Gasteiger partial charge in [-0.2, -0.15) is 0 Å². The first-order valence-corrected chi connectivity index (χ1v) is 7.23. The normalized spacial score (nSPS) is 10.6. The molecule has 2 rings (SSSR count). The van der Waals surface area contributed by atoms with Gasteiger partial charge in [0.05, 0.1) is 13.2 Å². The zero-order chi connectivity index (χ0) is 16.5. The summed E-state index contributed by atoms with van der Waals surface area (Å²) < 4.78 is 37.2. The zero-order valence-corrected chi connectivity index (χ0v) is 12.5. The number of hydrogen-bond donors (Lipinski definition) is 2. The van der Waals surface area contributed by atoms with Crippen molar-refractivity contribution in [2.75, 3.05) is 26.3 Å². The van der Waals surface area contributed by atoms with Crippen molar-refractivity contribution < 1.29 is 23.4 Å². The Hall–Kier alpha value is -2.25. The molecule has 124 valence electrons. The molecule has 0 aliphatic heterocycles. The molecule has 0 saturated carbocycles. The van der Waals surface area contributed by atoms with Crippen molar-refractivity contribution in [2.24, 2.45) is 0 Å². The van der Waals surface area contributed by atoms with E-state index in [0.717, 1.165) is 18.6 Å². The number of aliphatic hydroxyl groups is 1. The first kappa shape index (κ1) is 17.1. The summed E-state index contributed by atoms with van der Waals surface area (Å²) in [5, 5.41) is 11.7. The third-order valence-corrected chi connectivity index (χ3v) is 2.89. The molecule has 0 atom stereocenters. The lowest BCUT2D eigenvalue weighted by Gasteiger charge is -2.11. The molecule has 0 saturated heterocycles. The second-order valence-corrected chi connectivity index (χ2v) is 4.66. The van der Waals surface area contributed by atoms with Crippen molar-refractivity contribution in [1.82, 2.24) is 10.3 Å². The Bertz CT molecular complexity index is 626. The van der Waals surface area contributed by atoms with E-state index >= 15 is 0 Å². The smallest absolute Gasteiger partial charge is 0.262 e. The maximum atomic E-state index is 13.2. The Balaban J connectivity index is 1.93. The van der Waals surface area contributed by atoms with Crippen LogP contribution in [0.2, 0.25) is 0 Å². The maximum Gasteiger partial charge on any atom is 0.262 e. The molecule has 0 unspecified atom stereocenters. The lowest BCUT2D eigenvalue weighted by Crippen LogP contribution is -2.20. The fourth-order valence-electron chi connectivity index (χ4n) is 1.80. The van der Waals surface area contributed by atoms with E-state index in [-0.39, 0.29) is 18.2 Å². The van der Waals surface area contributed by atoms with Gasteiger partial charge in [-0.05, 0) is 37.2 Å². The van der Waals surface area contributed by atoms with Crippen LogP contribution in [-0.2, 0) is 0 Å². The first-order chi connectivity index (χ1) is 11.2. The molecule has 0 aliphatic carbocycles. The van der Waals surface area contributed by atoms with Crippen molar-refractivity contribution in [2.45, 2.75) is 6.42 Å². The van der Waals surface area contributed by atoms with Crippen LogP contribution in [0.3, 0.4) is 0 Å². The molecule has 0 fully saturated rings. The number of aromatic nitrogens is 1. The van der Waals surface area contributed by atoms with Gasteiger partial charge in [0.1, 0.15) is 5.75 Å². The summed E-state index contributed by atoms with van der Waals surface area (Å²) in [4.78, 5) is 4.04. The zero-order valence-electron chi connectivity index (χ0n) is 12.5. The molecule has 2 N–H and O–H groups in total. The molecule has 1 aromatic heterocycles.